The summed E-state index contributed by atoms with van der Waals surface area (Å²) in [5.41, 5.74) is 0.356. The second-order valence-electron chi connectivity index (χ2n) is 3.54. The maximum atomic E-state index is 5.25. The van der Waals surface area contributed by atoms with Gasteiger partial charge in [0.25, 0.3) is 0 Å². The van der Waals surface area contributed by atoms with E-state index in [1.807, 2.05) is 13.8 Å². The molecule has 80 valence electrons. The standard InChI is InChI=1S/C9H19NO.C2H6/c1-4-9(8-11-3)6-5-7-10(9)2;1-2/h4-8H2,1-3H3;1-2H3. The molecule has 0 aliphatic carbocycles. The fourth-order valence-corrected chi connectivity index (χ4v) is 2.07. The number of rotatable bonds is 3. The van der Waals surface area contributed by atoms with E-state index in [0.29, 0.717) is 5.54 Å². The van der Waals surface area contributed by atoms with Crippen molar-refractivity contribution in [3.05, 3.63) is 0 Å². The highest BCUT2D eigenvalue weighted by Gasteiger charge is 2.36. The van der Waals surface area contributed by atoms with E-state index < -0.39 is 0 Å². The Morgan fingerprint density at radius 3 is 2.31 bits per heavy atom. The Labute approximate surface area is 83.3 Å². The summed E-state index contributed by atoms with van der Waals surface area (Å²) in [6.45, 7) is 8.37. The molecule has 1 aliphatic rings. The summed E-state index contributed by atoms with van der Waals surface area (Å²) < 4.78 is 5.25. The van der Waals surface area contributed by atoms with Crippen molar-refractivity contribution in [2.75, 3.05) is 27.3 Å². The number of hydrogen-bond acceptors (Lipinski definition) is 2. The number of ether oxygens (including phenoxy) is 1. The lowest BCUT2D eigenvalue weighted by atomic mass is 9.94. The summed E-state index contributed by atoms with van der Waals surface area (Å²) in [4.78, 5) is 2.44. The van der Waals surface area contributed by atoms with Crippen molar-refractivity contribution in [1.29, 1.82) is 0 Å². The van der Waals surface area contributed by atoms with Gasteiger partial charge in [-0.05, 0) is 32.9 Å². The number of nitrogens with zero attached hydrogens (tertiary/aromatic N) is 1. The maximum absolute atomic E-state index is 5.25. The van der Waals surface area contributed by atoms with Gasteiger partial charge < -0.3 is 4.74 Å². The Morgan fingerprint density at radius 1 is 1.38 bits per heavy atom. The Morgan fingerprint density at radius 2 is 2.00 bits per heavy atom. The SMILES string of the molecule is CC.CCC1(COC)CCCN1C. The molecule has 0 aromatic heterocycles. The van der Waals surface area contributed by atoms with E-state index in [1.54, 1.807) is 7.11 Å². The largest absolute Gasteiger partial charge is 0.383 e. The molecule has 2 nitrogen and oxygen atoms in total. The van der Waals surface area contributed by atoms with Crippen molar-refractivity contribution in [1.82, 2.24) is 4.90 Å². The van der Waals surface area contributed by atoms with E-state index in [-0.39, 0.29) is 0 Å². The summed E-state index contributed by atoms with van der Waals surface area (Å²) in [5, 5.41) is 0. The van der Waals surface area contributed by atoms with Crippen LogP contribution in [0, 0.1) is 0 Å². The van der Waals surface area contributed by atoms with Crippen LogP contribution in [0.1, 0.15) is 40.0 Å². The lowest BCUT2D eigenvalue weighted by Gasteiger charge is -2.34. The number of likely N-dealkylation sites (tertiary alicyclic amines) is 1. The van der Waals surface area contributed by atoms with Crippen LogP contribution in [0.2, 0.25) is 0 Å². The van der Waals surface area contributed by atoms with Crippen LogP contribution < -0.4 is 0 Å². The second kappa shape index (κ2) is 6.39. The highest BCUT2D eigenvalue weighted by Crippen LogP contribution is 2.30. The van der Waals surface area contributed by atoms with Crippen LogP contribution in [-0.4, -0.2) is 37.7 Å². The molecule has 1 heterocycles. The quantitative estimate of drug-likeness (QED) is 0.673. The zero-order chi connectivity index (χ0) is 10.3. The van der Waals surface area contributed by atoms with Crippen LogP contribution in [0.15, 0.2) is 0 Å². The molecule has 0 aromatic carbocycles. The average Bonchev–Trinajstić information content (AvgIpc) is 2.53. The van der Waals surface area contributed by atoms with Crippen LogP contribution in [-0.2, 0) is 4.74 Å². The first-order chi connectivity index (χ1) is 6.25. The number of hydrogen-bond donors (Lipinski definition) is 0. The van der Waals surface area contributed by atoms with Gasteiger partial charge in [-0.15, -0.1) is 0 Å². The maximum Gasteiger partial charge on any atom is 0.0646 e. The van der Waals surface area contributed by atoms with Gasteiger partial charge in [0.2, 0.25) is 0 Å². The smallest absolute Gasteiger partial charge is 0.0646 e. The molecule has 0 radical (unpaired) electrons. The van der Waals surface area contributed by atoms with E-state index in [1.165, 1.54) is 25.8 Å². The highest BCUT2D eigenvalue weighted by atomic mass is 16.5. The zero-order valence-electron chi connectivity index (χ0n) is 9.89. The molecule has 0 amide bonds. The van der Waals surface area contributed by atoms with Crippen molar-refractivity contribution in [3.8, 4) is 0 Å². The molecule has 0 spiro atoms. The van der Waals surface area contributed by atoms with Gasteiger partial charge in [0.1, 0.15) is 0 Å². The lowest BCUT2D eigenvalue weighted by Crippen LogP contribution is -2.44. The van der Waals surface area contributed by atoms with E-state index in [9.17, 15) is 0 Å². The van der Waals surface area contributed by atoms with Crippen molar-refractivity contribution in [2.45, 2.75) is 45.6 Å². The van der Waals surface area contributed by atoms with Crippen LogP contribution >= 0.6 is 0 Å². The van der Waals surface area contributed by atoms with Gasteiger partial charge in [0.15, 0.2) is 0 Å². The van der Waals surface area contributed by atoms with Crippen molar-refractivity contribution in [2.24, 2.45) is 0 Å². The highest BCUT2D eigenvalue weighted by molar-refractivity contribution is 4.92. The Hall–Kier alpha value is -0.0800. The van der Waals surface area contributed by atoms with Crippen LogP contribution in [0.3, 0.4) is 0 Å². The molecule has 1 atom stereocenters. The van der Waals surface area contributed by atoms with E-state index in [2.05, 4.69) is 18.9 Å². The first kappa shape index (κ1) is 12.9. The zero-order valence-corrected chi connectivity index (χ0v) is 9.89. The summed E-state index contributed by atoms with van der Waals surface area (Å²) in [5.74, 6) is 0. The first-order valence-electron chi connectivity index (χ1n) is 5.45. The Balaban J connectivity index is 0.000000671. The minimum absolute atomic E-state index is 0.356. The first-order valence-corrected chi connectivity index (χ1v) is 5.45. The molecule has 0 bridgehead atoms. The van der Waals surface area contributed by atoms with Gasteiger partial charge >= 0.3 is 0 Å². The molecule has 1 aliphatic heterocycles. The monoisotopic (exact) mass is 187 g/mol. The third-order valence-corrected chi connectivity index (χ3v) is 3.02. The fourth-order valence-electron chi connectivity index (χ4n) is 2.07. The predicted molar refractivity (Wildman–Crippen MR) is 58.1 cm³/mol. The third-order valence-electron chi connectivity index (χ3n) is 3.02. The minimum Gasteiger partial charge on any atom is -0.383 e. The van der Waals surface area contributed by atoms with E-state index in [4.69, 9.17) is 4.74 Å². The Bertz CT molecular complexity index is 127. The molecule has 1 rings (SSSR count). The molecule has 1 saturated heterocycles. The van der Waals surface area contributed by atoms with Gasteiger partial charge in [0.05, 0.1) is 6.61 Å². The number of methoxy groups -OCH3 is 1. The molecule has 1 unspecified atom stereocenters. The minimum atomic E-state index is 0.356. The molecular weight excluding hydrogens is 162 g/mol. The summed E-state index contributed by atoms with van der Waals surface area (Å²) in [7, 11) is 4.00. The Kier molecular flexibility index (Phi) is 6.35. The molecule has 0 N–H and O–H groups in total. The topological polar surface area (TPSA) is 12.5 Å². The van der Waals surface area contributed by atoms with Gasteiger partial charge in [-0.1, -0.05) is 20.8 Å². The van der Waals surface area contributed by atoms with Crippen LogP contribution in [0.5, 0.6) is 0 Å². The van der Waals surface area contributed by atoms with E-state index >= 15 is 0 Å². The average molecular weight is 187 g/mol. The van der Waals surface area contributed by atoms with Crippen LogP contribution in [0.4, 0.5) is 0 Å². The van der Waals surface area contributed by atoms with Gasteiger partial charge in [-0.2, -0.15) is 0 Å². The van der Waals surface area contributed by atoms with Gasteiger partial charge in [-0.25, -0.2) is 0 Å². The summed E-state index contributed by atoms with van der Waals surface area (Å²) in [6.07, 6.45) is 3.83. The summed E-state index contributed by atoms with van der Waals surface area (Å²) in [6, 6.07) is 0. The van der Waals surface area contributed by atoms with Gasteiger partial charge in [0, 0.05) is 12.6 Å². The normalized spacial score (nSPS) is 28.4. The van der Waals surface area contributed by atoms with E-state index in [0.717, 1.165) is 6.61 Å². The molecule has 0 saturated carbocycles. The number of likely N-dealkylation sites (N-methyl/N-ethyl adjacent to an activating group) is 1. The van der Waals surface area contributed by atoms with Crippen molar-refractivity contribution in [3.63, 3.8) is 0 Å². The third kappa shape index (κ3) is 2.96. The molecule has 13 heavy (non-hydrogen) atoms. The second-order valence-corrected chi connectivity index (χ2v) is 3.54. The van der Waals surface area contributed by atoms with Crippen LogP contribution in [0.25, 0.3) is 0 Å². The molecule has 2 heteroatoms. The summed E-state index contributed by atoms with van der Waals surface area (Å²) >= 11 is 0. The molecule has 1 fully saturated rings. The molecular formula is C11H25NO. The predicted octanol–water partition coefficient (Wildman–Crippen LogP) is 2.53. The van der Waals surface area contributed by atoms with Crippen molar-refractivity contribution < 1.29 is 4.74 Å². The molecule has 0 aromatic rings. The lowest BCUT2D eigenvalue weighted by molar-refractivity contribution is 0.0501. The van der Waals surface area contributed by atoms with Gasteiger partial charge in [-0.3, -0.25) is 4.90 Å². The fraction of sp³-hybridized carbons (Fsp3) is 1.00. The van der Waals surface area contributed by atoms with Crippen molar-refractivity contribution >= 4 is 0 Å².